The lowest BCUT2D eigenvalue weighted by molar-refractivity contribution is 0.102. The van der Waals surface area contributed by atoms with Gasteiger partial charge in [-0.3, -0.25) is 9.78 Å². The van der Waals surface area contributed by atoms with Crippen molar-refractivity contribution in [1.29, 1.82) is 0 Å². The SMILES string of the molecule is Cn1c(C(=O)Nc2cccc3cccnc23)c(Cl)c2ccccc21. The van der Waals surface area contributed by atoms with E-state index in [4.69, 9.17) is 11.6 Å². The second-order valence-electron chi connectivity index (χ2n) is 5.57. The Labute approximate surface area is 143 Å². The summed E-state index contributed by atoms with van der Waals surface area (Å²) in [7, 11) is 1.84. The fourth-order valence-electron chi connectivity index (χ4n) is 2.99. The van der Waals surface area contributed by atoms with Crippen LogP contribution in [0, 0.1) is 0 Å². The molecule has 1 amide bonds. The van der Waals surface area contributed by atoms with Crippen LogP contribution in [0.4, 0.5) is 5.69 Å². The van der Waals surface area contributed by atoms with Crippen molar-refractivity contribution in [2.24, 2.45) is 7.05 Å². The molecule has 0 fully saturated rings. The molecule has 0 atom stereocenters. The highest BCUT2D eigenvalue weighted by Crippen LogP contribution is 2.31. The van der Waals surface area contributed by atoms with Crippen molar-refractivity contribution in [3.8, 4) is 0 Å². The summed E-state index contributed by atoms with van der Waals surface area (Å²) in [6.45, 7) is 0. The Balaban J connectivity index is 1.80. The Morgan fingerprint density at radius 3 is 2.71 bits per heavy atom. The third kappa shape index (κ3) is 2.23. The molecule has 0 aliphatic rings. The highest BCUT2D eigenvalue weighted by molar-refractivity contribution is 6.39. The molecule has 0 bridgehead atoms. The number of hydrogen-bond donors (Lipinski definition) is 1. The molecule has 4 aromatic rings. The van der Waals surface area contributed by atoms with E-state index >= 15 is 0 Å². The van der Waals surface area contributed by atoms with Crippen molar-refractivity contribution in [2.45, 2.75) is 0 Å². The third-order valence-corrected chi connectivity index (χ3v) is 4.52. The molecule has 4 nitrogen and oxygen atoms in total. The van der Waals surface area contributed by atoms with Crippen LogP contribution in [-0.2, 0) is 7.05 Å². The number of fused-ring (bicyclic) bond motifs is 2. The fourth-order valence-corrected chi connectivity index (χ4v) is 3.36. The van der Waals surface area contributed by atoms with E-state index < -0.39 is 0 Å². The number of anilines is 1. The van der Waals surface area contributed by atoms with Crippen molar-refractivity contribution in [1.82, 2.24) is 9.55 Å². The first-order chi connectivity index (χ1) is 11.7. The van der Waals surface area contributed by atoms with Gasteiger partial charge in [-0.25, -0.2) is 0 Å². The minimum absolute atomic E-state index is 0.253. The van der Waals surface area contributed by atoms with Crippen molar-refractivity contribution in [3.63, 3.8) is 0 Å². The van der Waals surface area contributed by atoms with Crippen LogP contribution in [0.5, 0.6) is 0 Å². The van der Waals surface area contributed by atoms with Gasteiger partial charge in [0, 0.05) is 29.5 Å². The third-order valence-electron chi connectivity index (χ3n) is 4.14. The molecule has 2 aromatic heterocycles. The number of aryl methyl sites for hydroxylation is 1. The molecule has 0 unspecified atom stereocenters. The minimum Gasteiger partial charge on any atom is -0.338 e. The average molecular weight is 336 g/mol. The largest absolute Gasteiger partial charge is 0.338 e. The second kappa shape index (κ2) is 5.65. The van der Waals surface area contributed by atoms with Gasteiger partial charge in [-0.2, -0.15) is 0 Å². The molecule has 1 N–H and O–H groups in total. The molecule has 0 spiro atoms. The smallest absolute Gasteiger partial charge is 0.273 e. The van der Waals surface area contributed by atoms with Crippen LogP contribution < -0.4 is 5.32 Å². The summed E-state index contributed by atoms with van der Waals surface area (Å²) >= 11 is 6.44. The Kier molecular flexibility index (Phi) is 3.47. The number of halogens is 1. The number of benzene rings is 2. The monoisotopic (exact) mass is 335 g/mol. The van der Waals surface area contributed by atoms with Crippen molar-refractivity contribution >= 4 is 45.0 Å². The predicted molar refractivity (Wildman–Crippen MR) is 97.6 cm³/mol. The number of rotatable bonds is 2. The molecule has 118 valence electrons. The standard InChI is InChI=1S/C19H14ClN3O/c1-23-15-10-3-2-8-13(15)16(20)18(23)19(24)22-14-9-4-6-12-7-5-11-21-17(12)14/h2-11H,1H3,(H,22,24). The maximum atomic E-state index is 12.8. The Morgan fingerprint density at radius 2 is 1.88 bits per heavy atom. The van der Waals surface area contributed by atoms with Gasteiger partial charge in [-0.05, 0) is 18.2 Å². The molecule has 0 aliphatic carbocycles. The van der Waals surface area contributed by atoms with Gasteiger partial charge in [0.25, 0.3) is 5.91 Å². The number of aromatic nitrogens is 2. The van der Waals surface area contributed by atoms with E-state index in [2.05, 4.69) is 10.3 Å². The van der Waals surface area contributed by atoms with E-state index in [0.717, 1.165) is 21.8 Å². The van der Waals surface area contributed by atoms with Crippen molar-refractivity contribution < 1.29 is 4.79 Å². The lowest BCUT2D eigenvalue weighted by atomic mass is 10.2. The van der Waals surface area contributed by atoms with E-state index in [1.807, 2.05) is 66.2 Å². The number of nitrogens with one attached hydrogen (secondary N) is 1. The molecule has 5 heteroatoms. The molecule has 2 heterocycles. The summed E-state index contributed by atoms with van der Waals surface area (Å²) in [5, 5.41) is 5.23. The van der Waals surface area contributed by atoms with E-state index in [-0.39, 0.29) is 5.91 Å². The molecule has 24 heavy (non-hydrogen) atoms. The van der Waals surface area contributed by atoms with Gasteiger partial charge in [-0.1, -0.05) is 48.0 Å². The van der Waals surface area contributed by atoms with Crippen LogP contribution >= 0.6 is 11.6 Å². The minimum atomic E-state index is -0.253. The number of carbonyl (C=O) groups is 1. The van der Waals surface area contributed by atoms with Gasteiger partial charge in [0.1, 0.15) is 5.69 Å². The number of hydrogen-bond acceptors (Lipinski definition) is 2. The molecular weight excluding hydrogens is 322 g/mol. The topological polar surface area (TPSA) is 46.9 Å². The highest BCUT2D eigenvalue weighted by atomic mass is 35.5. The van der Waals surface area contributed by atoms with Gasteiger partial charge < -0.3 is 9.88 Å². The molecular formula is C19H14ClN3O. The summed E-state index contributed by atoms with van der Waals surface area (Å²) in [5.74, 6) is -0.253. The zero-order valence-electron chi connectivity index (χ0n) is 13.0. The number of nitrogens with zero attached hydrogens (tertiary/aromatic N) is 2. The lowest BCUT2D eigenvalue weighted by Gasteiger charge is -2.09. The molecule has 0 saturated heterocycles. The van der Waals surface area contributed by atoms with Crippen molar-refractivity contribution in [3.05, 3.63) is 71.5 Å². The molecule has 4 rings (SSSR count). The van der Waals surface area contributed by atoms with Crippen LogP contribution in [0.2, 0.25) is 5.02 Å². The fraction of sp³-hybridized carbons (Fsp3) is 0.0526. The quantitative estimate of drug-likeness (QED) is 0.580. The first kappa shape index (κ1) is 14.7. The normalized spacial score (nSPS) is 11.1. The van der Waals surface area contributed by atoms with Gasteiger partial charge >= 0.3 is 0 Å². The summed E-state index contributed by atoms with van der Waals surface area (Å²) in [5.41, 5.74) is 2.78. The van der Waals surface area contributed by atoms with Crippen LogP contribution in [0.1, 0.15) is 10.5 Å². The maximum absolute atomic E-state index is 12.8. The summed E-state index contributed by atoms with van der Waals surface area (Å²) in [6, 6.07) is 17.2. The zero-order chi connectivity index (χ0) is 16.7. The average Bonchev–Trinajstić information content (AvgIpc) is 2.87. The Hall–Kier alpha value is -2.85. The van der Waals surface area contributed by atoms with Gasteiger partial charge in [-0.15, -0.1) is 0 Å². The van der Waals surface area contributed by atoms with E-state index in [9.17, 15) is 4.79 Å². The molecule has 0 radical (unpaired) electrons. The van der Waals surface area contributed by atoms with E-state index in [1.165, 1.54) is 0 Å². The van der Waals surface area contributed by atoms with Gasteiger partial charge in [0.2, 0.25) is 0 Å². The van der Waals surface area contributed by atoms with Gasteiger partial charge in [0.15, 0.2) is 0 Å². The number of pyridine rings is 1. The highest BCUT2D eigenvalue weighted by Gasteiger charge is 2.20. The lowest BCUT2D eigenvalue weighted by Crippen LogP contribution is -2.16. The molecule has 2 aromatic carbocycles. The number of carbonyl (C=O) groups excluding carboxylic acids is 1. The first-order valence-electron chi connectivity index (χ1n) is 7.55. The van der Waals surface area contributed by atoms with E-state index in [1.54, 1.807) is 6.20 Å². The van der Waals surface area contributed by atoms with Crippen LogP contribution in [-0.4, -0.2) is 15.5 Å². The Morgan fingerprint density at radius 1 is 1.08 bits per heavy atom. The first-order valence-corrected chi connectivity index (χ1v) is 7.92. The molecule has 0 saturated carbocycles. The van der Waals surface area contributed by atoms with Crippen LogP contribution in [0.15, 0.2) is 60.8 Å². The number of para-hydroxylation sites is 2. The van der Waals surface area contributed by atoms with Gasteiger partial charge in [0.05, 0.1) is 16.2 Å². The van der Waals surface area contributed by atoms with Crippen LogP contribution in [0.25, 0.3) is 21.8 Å². The predicted octanol–water partition coefficient (Wildman–Crippen LogP) is 4.63. The molecule has 0 aliphatic heterocycles. The Bertz CT molecular complexity index is 1040. The van der Waals surface area contributed by atoms with Crippen LogP contribution in [0.3, 0.4) is 0 Å². The van der Waals surface area contributed by atoms with E-state index in [0.29, 0.717) is 16.4 Å². The summed E-state index contributed by atoms with van der Waals surface area (Å²) < 4.78 is 1.81. The second-order valence-corrected chi connectivity index (χ2v) is 5.95. The zero-order valence-corrected chi connectivity index (χ0v) is 13.7. The summed E-state index contributed by atoms with van der Waals surface area (Å²) in [4.78, 5) is 17.2. The van der Waals surface area contributed by atoms with Crippen molar-refractivity contribution in [2.75, 3.05) is 5.32 Å². The summed E-state index contributed by atoms with van der Waals surface area (Å²) in [6.07, 6.45) is 1.71. The maximum Gasteiger partial charge on any atom is 0.273 e. The number of amides is 1.